The van der Waals surface area contributed by atoms with Gasteiger partial charge in [0.25, 0.3) is 0 Å². The fourth-order valence-corrected chi connectivity index (χ4v) is 3.67. The number of carbonyl (C=O) groups is 1. The Morgan fingerprint density at radius 3 is 2.68 bits per heavy atom. The van der Waals surface area contributed by atoms with Crippen molar-refractivity contribution in [2.45, 2.75) is 25.7 Å². The monoisotopic (exact) mass is 257 g/mol. The fourth-order valence-electron chi connectivity index (χ4n) is 3.67. The maximum absolute atomic E-state index is 12.5. The Morgan fingerprint density at radius 2 is 1.95 bits per heavy atom. The molecule has 2 saturated carbocycles. The number of ketones is 1. The molecule has 4 nitrogen and oxygen atoms in total. The van der Waals surface area contributed by atoms with E-state index in [4.69, 9.17) is 4.42 Å². The van der Waals surface area contributed by atoms with E-state index in [1.54, 1.807) is 18.2 Å². The standard InChI is InChI=1S/C15H15NO3/c17-14(13-9-3-1-2-4-10(9)13)8-5-6-11-12(7-8)19-15(18)16-11/h5-7,9-10,13H,1-4H2,(H,16,18). The van der Waals surface area contributed by atoms with Gasteiger partial charge in [-0.15, -0.1) is 0 Å². The van der Waals surface area contributed by atoms with E-state index in [0.29, 0.717) is 28.5 Å². The Labute approximate surface area is 109 Å². The number of benzene rings is 1. The molecular formula is C15H15NO3. The van der Waals surface area contributed by atoms with Gasteiger partial charge in [-0.05, 0) is 42.9 Å². The SMILES string of the molecule is O=C(c1ccc2[nH]c(=O)oc2c1)C1C2CCCCC21. The minimum absolute atomic E-state index is 0.214. The number of nitrogens with one attached hydrogen (secondary N) is 1. The molecule has 1 aromatic heterocycles. The van der Waals surface area contributed by atoms with Crippen molar-refractivity contribution in [2.75, 3.05) is 0 Å². The normalized spacial score (nSPS) is 29.2. The summed E-state index contributed by atoms with van der Waals surface area (Å²) in [5, 5.41) is 0. The fraction of sp³-hybridized carbons (Fsp3) is 0.467. The number of Topliss-reactive ketones (excluding diaryl/α,β-unsaturated/α-hetero) is 1. The number of rotatable bonds is 2. The van der Waals surface area contributed by atoms with Crippen LogP contribution in [-0.2, 0) is 0 Å². The Hall–Kier alpha value is -1.84. The summed E-state index contributed by atoms with van der Waals surface area (Å²) in [6.45, 7) is 0. The first-order valence-corrected chi connectivity index (χ1v) is 6.91. The van der Waals surface area contributed by atoms with Crippen LogP contribution in [0.1, 0.15) is 36.0 Å². The lowest BCUT2D eigenvalue weighted by Gasteiger charge is -2.04. The molecule has 2 unspecified atom stereocenters. The lowest BCUT2D eigenvalue weighted by atomic mass is 10.0. The lowest BCUT2D eigenvalue weighted by Crippen LogP contribution is -2.03. The molecule has 0 aliphatic heterocycles. The number of hydrogen-bond acceptors (Lipinski definition) is 3. The summed E-state index contributed by atoms with van der Waals surface area (Å²) in [7, 11) is 0. The van der Waals surface area contributed by atoms with Crippen LogP contribution in [0.25, 0.3) is 11.1 Å². The van der Waals surface area contributed by atoms with E-state index in [1.807, 2.05) is 0 Å². The van der Waals surface area contributed by atoms with Crippen LogP contribution in [0.5, 0.6) is 0 Å². The van der Waals surface area contributed by atoms with E-state index in [-0.39, 0.29) is 11.7 Å². The highest BCUT2D eigenvalue weighted by Gasteiger charge is 2.54. The highest BCUT2D eigenvalue weighted by Crippen LogP contribution is 2.56. The summed E-state index contributed by atoms with van der Waals surface area (Å²) in [4.78, 5) is 26.2. The zero-order chi connectivity index (χ0) is 13.0. The predicted octanol–water partition coefficient (Wildman–Crippen LogP) is 2.74. The third-order valence-electron chi connectivity index (χ3n) is 4.66. The molecule has 2 aliphatic rings. The number of hydrogen-bond donors (Lipinski definition) is 1. The van der Waals surface area contributed by atoms with Gasteiger partial charge in [0.15, 0.2) is 11.4 Å². The van der Waals surface area contributed by atoms with Gasteiger partial charge in [-0.2, -0.15) is 0 Å². The molecule has 4 heteroatoms. The van der Waals surface area contributed by atoms with Gasteiger partial charge in [-0.1, -0.05) is 12.8 Å². The largest absolute Gasteiger partial charge is 0.417 e. The van der Waals surface area contributed by atoms with Crippen LogP contribution in [-0.4, -0.2) is 10.8 Å². The van der Waals surface area contributed by atoms with Crippen molar-refractivity contribution in [3.63, 3.8) is 0 Å². The van der Waals surface area contributed by atoms with Crippen molar-refractivity contribution in [3.05, 3.63) is 34.3 Å². The first-order valence-electron chi connectivity index (χ1n) is 6.91. The van der Waals surface area contributed by atoms with Crippen LogP contribution < -0.4 is 5.76 Å². The van der Waals surface area contributed by atoms with Crippen molar-refractivity contribution in [1.29, 1.82) is 0 Å². The van der Waals surface area contributed by atoms with Gasteiger partial charge < -0.3 is 4.42 Å². The number of oxazole rings is 1. The van der Waals surface area contributed by atoms with E-state index in [1.165, 1.54) is 25.7 Å². The molecule has 0 bridgehead atoms. The van der Waals surface area contributed by atoms with Crippen molar-refractivity contribution >= 4 is 16.9 Å². The van der Waals surface area contributed by atoms with Crippen LogP contribution in [0.4, 0.5) is 0 Å². The number of aromatic nitrogens is 1. The van der Waals surface area contributed by atoms with Gasteiger partial charge in [0.05, 0.1) is 5.52 Å². The number of carbonyl (C=O) groups excluding carboxylic acids is 1. The molecule has 1 aromatic carbocycles. The first kappa shape index (κ1) is 11.0. The number of fused-ring (bicyclic) bond motifs is 2. The highest BCUT2D eigenvalue weighted by atomic mass is 16.4. The van der Waals surface area contributed by atoms with E-state index in [2.05, 4.69) is 4.98 Å². The van der Waals surface area contributed by atoms with Gasteiger partial charge in [-0.25, -0.2) is 4.79 Å². The van der Waals surface area contributed by atoms with Crippen LogP contribution in [0.3, 0.4) is 0 Å². The quantitative estimate of drug-likeness (QED) is 0.841. The second-order valence-corrected chi connectivity index (χ2v) is 5.73. The Balaban J connectivity index is 1.66. The number of H-pyrrole nitrogens is 1. The van der Waals surface area contributed by atoms with Crippen molar-refractivity contribution in [3.8, 4) is 0 Å². The van der Waals surface area contributed by atoms with Gasteiger partial charge in [-0.3, -0.25) is 9.78 Å². The van der Waals surface area contributed by atoms with Crippen LogP contribution in [0.15, 0.2) is 27.4 Å². The molecule has 2 aliphatic carbocycles. The maximum atomic E-state index is 12.5. The Morgan fingerprint density at radius 1 is 1.21 bits per heavy atom. The van der Waals surface area contributed by atoms with Gasteiger partial charge in [0.2, 0.25) is 0 Å². The van der Waals surface area contributed by atoms with E-state index in [0.717, 1.165) is 0 Å². The van der Waals surface area contributed by atoms with Gasteiger partial charge >= 0.3 is 5.76 Å². The third-order valence-corrected chi connectivity index (χ3v) is 4.66. The molecule has 0 radical (unpaired) electrons. The zero-order valence-corrected chi connectivity index (χ0v) is 10.5. The minimum Gasteiger partial charge on any atom is -0.408 e. The van der Waals surface area contributed by atoms with Crippen LogP contribution in [0.2, 0.25) is 0 Å². The second kappa shape index (κ2) is 3.83. The van der Waals surface area contributed by atoms with Crippen molar-refractivity contribution < 1.29 is 9.21 Å². The molecule has 0 amide bonds. The molecule has 2 aromatic rings. The molecule has 2 atom stereocenters. The smallest absolute Gasteiger partial charge is 0.408 e. The summed E-state index contributed by atoms with van der Waals surface area (Å²) in [6, 6.07) is 5.24. The van der Waals surface area contributed by atoms with Gasteiger partial charge in [0.1, 0.15) is 0 Å². The Bertz CT molecular complexity index is 699. The summed E-state index contributed by atoms with van der Waals surface area (Å²) in [5.74, 6) is 1.18. The molecular weight excluding hydrogens is 242 g/mol. The average molecular weight is 257 g/mol. The maximum Gasteiger partial charge on any atom is 0.417 e. The van der Waals surface area contributed by atoms with Gasteiger partial charge in [0, 0.05) is 11.5 Å². The summed E-state index contributed by atoms with van der Waals surface area (Å²) in [6.07, 6.45) is 4.92. The van der Waals surface area contributed by atoms with E-state index in [9.17, 15) is 9.59 Å². The molecule has 4 rings (SSSR count). The topological polar surface area (TPSA) is 63.1 Å². The Kier molecular flexibility index (Phi) is 2.22. The second-order valence-electron chi connectivity index (χ2n) is 5.73. The zero-order valence-electron chi connectivity index (χ0n) is 10.5. The molecule has 98 valence electrons. The predicted molar refractivity (Wildman–Crippen MR) is 70.1 cm³/mol. The molecule has 0 spiro atoms. The highest BCUT2D eigenvalue weighted by molar-refractivity contribution is 6.02. The first-order chi connectivity index (χ1) is 9.24. The van der Waals surface area contributed by atoms with Crippen molar-refractivity contribution in [2.24, 2.45) is 17.8 Å². The third kappa shape index (κ3) is 1.66. The van der Waals surface area contributed by atoms with E-state index >= 15 is 0 Å². The van der Waals surface area contributed by atoms with Crippen LogP contribution in [0, 0.1) is 17.8 Å². The van der Waals surface area contributed by atoms with Crippen molar-refractivity contribution in [1.82, 2.24) is 4.98 Å². The average Bonchev–Trinajstić information content (AvgIpc) is 3.02. The van der Waals surface area contributed by atoms with E-state index < -0.39 is 5.76 Å². The summed E-state index contributed by atoms with van der Waals surface area (Å²) < 4.78 is 5.01. The lowest BCUT2D eigenvalue weighted by molar-refractivity contribution is 0.0956. The number of aromatic amines is 1. The summed E-state index contributed by atoms with van der Waals surface area (Å²) >= 11 is 0. The van der Waals surface area contributed by atoms with Crippen LogP contribution >= 0.6 is 0 Å². The molecule has 2 fully saturated rings. The molecule has 19 heavy (non-hydrogen) atoms. The minimum atomic E-state index is -0.473. The molecule has 1 heterocycles. The molecule has 1 N–H and O–H groups in total. The summed E-state index contributed by atoms with van der Waals surface area (Å²) in [5.41, 5.74) is 1.80. The molecule has 0 saturated heterocycles.